The normalized spacial score (nSPS) is 10.2. The van der Waals surface area contributed by atoms with Gasteiger partial charge in [0.05, 0.1) is 0 Å². The van der Waals surface area contributed by atoms with E-state index >= 15 is 0 Å². The summed E-state index contributed by atoms with van der Waals surface area (Å²) in [6.45, 7) is 0.0830. The first-order chi connectivity index (χ1) is 9.08. The Kier molecular flexibility index (Phi) is 4.02. The van der Waals surface area contributed by atoms with E-state index in [0.717, 1.165) is 17.7 Å². The summed E-state index contributed by atoms with van der Waals surface area (Å²) in [5.41, 5.74) is 0.522. The fourth-order valence-electron chi connectivity index (χ4n) is 1.60. The number of ether oxygens (including phenoxy) is 1. The zero-order valence-corrected chi connectivity index (χ0v) is 10.5. The number of aromatic carboxylic acids is 1. The van der Waals surface area contributed by atoms with Crippen LogP contribution in [0.3, 0.4) is 0 Å². The van der Waals surface area contributed by atoms with E-state index in [9.17, 15) is 9.18 Å². The summed E-state index contributed by atoms with van der Waals surface area (Å²) in [6, 6.07) is 11.3. The van der Waals surface area contributed by atoms with Crippen LogP contribution in [0.1, 0.15) is 15.9 Å². The average molecular weight is 281 g/mol. The van der Waals surface area contributed by atoms with Crippen molar-refractivity contribution in [2.75, 3.05) is 0 Å². The van der Waals surface area contributed by atoms with Gasteiger partial charge in [-0.15, -0.1) is 0 Å². The van der Waals surface area contributed by atoms with Crippen LogP contribution in [0.2, 0.25) is 5.02 Å². The maximum absolute atomic E-state index is 13.7. The van der Waals surface area contributed by atoms with Crippen molar-refractivity contribution in [1.29, 1.82) is 0 Å². The second-order valence-corrected chi connectivity index (χ2v) is 4.28. The van der Waals surface area contributed by atoms with Gasteiger partial charge < -0.3 is 9.84 Å². The number of carboxylic acids is 1. The Balaban J connectivity index is 2.27. The highest BCUT2D eigenvalue weighted by atomic mass is 35.5. The minimum Gasteiger partial charge on any atom is -0.485 e. The predicted molar refractivity (Wildman–Crippen MR) is 69.1 cm³/mol. The number of carbonyl (C=O) groups is 1. The molecular weight excluding hydrogens is 271 g/mol. The van der Waals surface area contributed by atoms with E-state index in [1.165, 1.54) is 0 Å². The molecule has 0 aliphatic rings. The van der Waals surface area contributed by atoms with Crippen LogP contribution >= 0.6 is 11.6 Å². The molecule has 0 aliphatic heterocycles. The van der Waals surface area contributed by atoms with Crippen LogP contribution in [-0.2, 0) is 6.61 Å². The number of hydrogen-bond acceptors (Lipinski definition) is 2. The van der Waals surface area contributed by atoms with Crippen molar-refractivity contribution >= 4 is 17.6 Å². The molecule has 1 N–H and O–H groups in total. The molecule has 2 aromatic carbocycles. The van der Waals surface area contributed by atoms with Crippen LogP contribution in [0, 0.1) is 5.82 Å². The van der Waals surface area contributed by atoms with Crippen molar-refractivity contribution in [2.45, 2.75) is 6.61 Å². The SMILES string of the molecule is O=C(O)c1cc(Cl)cc(F)c1OCc1ccccc1. The Morgan fingerprint density at radius 1 is 1.26 bits per heavy atom. The highest BCUT2D eigenvalue weighted by Gasteiger charge is 2.17. The van der Waals surface area contributed by atoms with Gasteiger partial charge in [-0.2, -0.15) is 0 Å². The van der Waals surface area contributed by atoms with Gasteiger partial charge in [-0.3, -0.25) is 0 Å². The molecule has 0 aromatic heterocycles. The van der Waals surface area contributed by atoms with Crippen molar-refractivity contribution < 1.29 is 19.0 Å². The fourth-order valence-corrected chi connectivity index (χ4v) is 1.80. The van der Waals surface area contributed by atoms with Gasteiger partial charge in [-0.05, 0) is 17.7 Å². The van der Waals surface area contributed by atoms with E-state index < -0.39 is 11.8 Å². The lowest BCUT2D eigenvalue weighted by atomic mass is 10.2. The maximum Gasteiger partial charge on any atom is 0.339 e. The molecule has 3 nitrogen and oxygen atoms in total. The summed E-state index contributed by atoms with van der Waals surface area (Å²) in [6.07, 6.45) is 0. The van der Waals surface area contributed by atoms with E-state index in [-0.39, 0.29) is 22.9 Å². The minimum absolute atomic E-state index is 0.0157. The Morgan fingerprint density at radius 3 is 2.58 bits per heavy atom. The lowest BCUT2D eigenvalue weighted by Crippen LogP contribution is -2.05. The fraction of sp³-hybridized carbons (Fsp3) is 0.0714. The van der Waals surface area contributed by atoms with Gasteiger partial charge >= 0.3 is 5.97 Å². The van der Waals surface area contributed by atoms with Crippen LogP contribution in [0.25, 0.3) is 0 Å². The Labute approximate surface area is 114 Å². The molecule has 0 saturated heterocycles. The highest BCUT2D eigenvalue weighted by molar-refractivity contribution is 6.31. The number of hydrogen-bond donors (Lipinski definition) is 1. The van der Waals surface area contributed by atoms with Gasteiger partial charge in [-0.1, -0.05) is 41.9 Å². The molecule has 0 fully saturated rings. The van der Waals surface area contributed by atoms with Crippen molar-refractivity contribution in [2.24, 2.45) is 0 Å². The summed E-state index contributed by atoms with van der Waals surface area (Å²) >= 11 is 5.62. The van der Waals surface area contributed by atoms with Gasteiger partial charge in [0, 0.05) is 5.02 Å². The van der Waals surface area contributed by atoms with E-state index in [1.807, 2.05) is 18.2 Å². The summed E-state index contributed by atoms with van der Waals surface area (Å²) in [5, 5.41) is 9.02. The Morgan fingerprint density at radius 2 is 1.95 bits per heavy atom. The Hall–Kier alpha value is -2.07. The molecule has 19 heavy (non-hydrogen) atoms. The number of rotatable bonds is 4. The van der Waals surface area contributed by atoms with Gasteiger partial charge in [0.1, 0.15) is 12.2 Å². The first kappa shape index (κ1) is 13.4. The van der Waals surface area contributed by atoms with Gasteiger partial charge in [0.2, 0.25) is 0 Å². The van der Waals surface area contributed by atoms with E-state index in [1.54, 1.807) is 12.1 Å². The molecule has 0 aliphatic carbocycles. The standard InChI is InChI=1S/C14H10ClFO3/c15-10-6-11(14(17)18)13(12(16)7-10)19-8-9-4-2-1-3-5-9/h1-7H,8H2,(H,17,18). The molecule has 0 amide bonds. The third-order valence-corrected chi connectivity index (χ3v) is 2.68. The molecule has 0 unspecified atom stereocenters. The molecule has 0 heterocycles. The summed E-state index contributed by atoms with van der Waals surface area (Å²) < 4.78 is 19.0. The van der Waals surface area contributed by atoms with E-state index in [2.05, 4.69) is 0 Å². The van der Waals surface area contributed by atoms with Crippen LogP contribution in [0.15, 0.2) is 42.5 Å². The van der Waals surface area contributed by atoms with Gasteiger partial charge in [-0.25, -0.2) is 9.18 Å². The number of carboxylic acid groups (broad SMARTS) is 1. The topological polar surface area (TPSA) is 46.5 Å². The summed E-state index contributed by atoms with van der Waals surface area (Å²) in [7, 11) is 0. The molecule has 98 valence electrons. The van der Waals surface area contributed by atoms with Gasteiger partial charge in [0.25, 0.3) is 0 Å². The first-order valence-electron chi connectivity index (χ1n) is 5.47. The quantitative estimate of drug-likeness (QED) is 0.927. The lowest BCUT2D eigenvalue weighted by molar-refractivity contribution is 0.0690. The number of halogens is 2. The summed E-state index contributed by atoms with van der Waals surface area (Å²) in [5.74, 6) is -2.38. The monoisotopic (exact) mass is 280 g/mol. The molecular formula is C14H10ClFO3. The molecule has 2 rings (SSSR count). The zero-order valence-electron chi connectivity index (χ0n) is 9.77. The Bertz CT molecular complexity index is 599. The van der Waals surface area contributed by atoms with Crippen molar-refractivity contribution in [1.82, 2.24) is 0 Å². The molecule has 2 aromatic rings. The highest BCUT2D eigenvalue weighted by Crippen LogP contribution is 2.27. The van der Waals surface area contributed by atoms with E-state index in [4.69, 9.17) is 21.4 Å². The van der Waals surface area contributed by atoms with Crippen LogP contribution in [-0.4, -0.2) is 11.1 Å². The summed E-state index contributed by atoms with van der Waals surface area (Å²) in [4.78, 5) is 11.0. The second kappa shape index (κ2) is 5.71. The van der Waals surface area contributed by atoms with Crippen LogP contribution in [0.5, 0.6) is 5.75 Å². The van der Waals surface area contributed by atoms with E-state index in [0.29, 0.717) is 0 Å². The second-order valence-electron chi connectivity index (χ2n) is 3.84. The molecule has 0 bridgehead atoms. The first-order valence-corrected chi connectivity index (χ1v) is 5.85. The molecule has 0 spiro atoms. The average Bonchev–Trinajstić information content (AvgIpc) is 2.38. The number of benzene rings is 2. The van der Waals surface area contributed by atoms with Crippen molar-refractivity contribution in [3.63, 3.8) is 0 Å². The zero-order chi connectivity index (χ0) is 13.8. The largest absolute Gasteiger partial charge is 0.485 e. The lowest BCUT2D eigenvalue weighted by Gasteiger charge is -2.10. The van der Waals surface area contributed by atoms with Crippen LogP contribution < -0.4 is 4.74 Å². The third-order valence-electron chi connectivity index (χ3n) is 2.46. The third kappa shape index (κ3) is 3.23. The molecule has 5 heteroatoms. The minimum atomic E-state index is -1.29. The molecule has 0 radical (unpaired) electrons. The van der Waals surface area contributed by atoms with Crippen molar-refractivity contribution in [3.8, 4) is 5.75 Å². The maximum atomic E-state index is 13.7. The molecule has 0 saturated carbocycles. The molecule has 0 atom stereocenters. The van der Waals surface area contributed by atoms with Crippen molar-refractivity contribution in [3.05, 3.63) is 64.4 Å². The van der Waals surface area contributed by atoms with Gasteiger partial charge in [0.15, 0.2) is 11.6 Å². The predicted octanol–water partition coefficient (Wildman–Crippen LogP) is 3.76. The smallest absolute Gasteiger partial charge is 0.339 e. The van der Waals surface area contributed by atoms with Crippen LogP contribution in [0.4, 0.5) is 4.39 Å².